The summed E-state index contributed by atoms with van der Waals surface area (Å²) < 4.78 is 0. The zero-order chi connectivity index (χ0) is 9.31. The molecule has 3 unspecified atom stereocenters. The van der Waals surface area contributed by atoms with Crippen LogP contribution < -0.4 is 16.4 Å². The molecule has 1 saturated heterocycles. The molecule has 0 radical (unpaired) electrons. The van der Waals surface area contributed by atoms with Gasteiger partial charge in [-0.25, -0.2) is 0 Å². The molecule has 76 valence electrons. The molecule has 3 heteroatoms. The lowest BCUT2D eigenvalue weighted by Crippen LogP contribution is -2.59. The van der Waals surface area contributed by atoms with Gasteiger partial charge in [-0.05, 0) is 32.2 Å². The van der Waals surface area contributed by atoms with Gasteiger partial charge in [-0.1, -0.05) is 12.8 Å². The highest BCUT2D eigenvalue weighted by molar-refractivity contribution is 4.92. The van der Waals surface area contributed by atoms with Crippen molar-refractivity contribution in [2.24, 2.45) is 11.7 Å². The summed E-state index contributed by atoms with van der Waals surface area (Å²) in [7, 11) is 0. The first-order chi connectivity index (χ1) is 6.17. The third-order valence-electron chi connectivity index (χ3n) is 3.32. The molecular weight excluding hydrogens is 162 g/mol. The SMILES string of the molecule is CC1(N)CNCC2CCCCC2N1. The van der Waals surface area contributed by atoms with Crippen LogP contribution in [0.2, 0.25) is 0 Å². The molecule has 1 aliphatic heterocycles. The molecule has 4 N–H and O–H groups in total. The van der Waals surface area contributed by atoms with E-state index in [1.54, 1.807) is 0 Å². The molecule has 3 atom stereocenters. The minimum absolute atomic E-state index is 0.212. The van der Waals surface area contributed by atoms with Crippen molar-refractivity contribution in [3.05, 3.63) is 0 Å². The first-order valence-corrected chi connectivity index (χ1v) is 5.45. The van der Waals surface area contributed by atoms with Crippen molar-refractivity contribution >= 4 is 0 Å². The molecule has 13 heavy (non-hydrogen) atoms. The van der Waals surface area contributed by atoms with Crippen molar-refractivity contribution in [2.75, 3.05) is 13.1 Å². The van der Waals surface area contributed by atoms with Crippen LogP contribution in [0.5, 0.6) is 0 Å². The molecule has 1 saturated carbocycles. The van der Waals surface area contributed by atoms with E-state index in [4.69, 9.17) is 5.73 Å². The Kier molecular flexibility index (Phi) is 2.58. The minimum atomic E-state index is -0.212. The normalized spacial score (nSPS) is 46.6. The second kappa shape index (κ2) is 3.56. The van der Waals surface area contributed by atoms with E-state index in [9.17, 15) is 0 Å². The number of hydrogen-bond donors (Lipinski definition) is 3. The Balaban J connectivity index is 2.03. The van der Waals surface area contributed by atoms with Crippen LogP contribution in [0, 0.1) is 5.92 Å². The molecule has 0 amide bonds. The van der Waals surface area contributed by atoms with E-state index in [1.165, 1.54) is 25.7 Å². The Morgan fingerprint density at radius 2 is 2.08 bits per heavy atom. The molecule has 0 aromatic heterocycles. The monoisotopic (exact) mass is 183 g/mol. The lowest BCUT2D eigenvalue weighted by molar-refractivity contribution is 0.237. The highest BCUT2D eigenvalue weighted by Crippen LogP contribution is 2.26. The summed E-state index contributed by atoms with van der Waals surface area (Å²) in [5, 5.41) is 7.02. The van der Waals surface area contributed by atoms with Crippen LogP contribution in [0.3, 0.4) is 0 Å². The van der Waals surface area contributed by atoms with Crippen LogP contribution in [-0.4, -0.2) is 24.8 Å². The number of hydrogen-bond acceptors (Lipinski definition) is 3. The number of fused-ring (bicyclic) bond motifs is 1. The molecule has 1 heterocycles. The van der Waals surface area contributed by atoms with Crippen molar-refractivity contribution in [1.29, 1.82) is 0 Å². The maximum Gasteiger partial charge on any atom is 0.0763 e. The van der Waals surface area contributed by atoms with Gasteiger partial charge in [0.15, 0.2) is 0 Å². The van der Waals surface area contributed by atoms with Gasteiger partial charge in [-0.3, -0.25) is 5.32 Å². The summed E-state index contributed by atoms with van der Waals surface area (Å²) in [5.74, 6) is 0.805. The smallest absolute Gasteiger partial charge is 0.0763 e. The highest BCUT2D eigenvalue weighted by Gasteiger charge is 2.32. The summed E-state index contributed by atoms with van der Waals surface area (Å²) in [6, 6.07) is 0.652. The van der Waals surface area contributed by atoms with Crippen LogP contribution in [0.4, 0.5) is 0 Å². The molecule has 2 aliphatic rings. The highest BCUT2D eigenvalue weighted by atomic mass is 15.2. The van der Waals surface area contributed by atoms with E-state index >= 15 is 0 Å². The minimum Gasteiger partial charge on any atom is -0.313 e. The van der Waals surface area contributed by atoms with E-state index in [1.807, 2.05) is 0 Å². The molecule has 0 spiro atoms. The lowest BCUT2D eigenvalue weighted by atomic mass is 9.84. The predicted octanol–water partition coefficient (Wildman–Crippen LogP) is 0.413. The summed E-state index contributed by atoms with van der Waals surface area (Å²) >= 11 is 0. The van der Waals surface area contributed by atoms with Gasteiger partial charge in [0.2, 0.25) is 0 Å². The molecule has 2 rings (SSSR count). The van der Waals surface area contributed by atoms with Crippen LogP contribution in [-0.2, 0) is 0 Å². The summed E-state index contributed by atoms with van der Waals surface area (Å²) in [4.78, 5) is 0. The van der Waals surface area contributed by atoms with Gasteiger partial charge in [0, 0.05) is 12.6 Å². The van der Waals surface area contributed by atoms with Crippen LogP contribution in [0.25, 0.3) is 0 Å². The molecular formula is C10H21N3. The summed E-state index contributed by atoms with van der Waals surface area (Å²) in [6.45, 7) is 4.11. The predicted molar refractivity (Wildman–Crippen MR) is 54.3 cm³/mol. The average Bonchev–Trinajstić information content (AvgIpc) is 2.21. The van der Waals surface area contributed by atoms with Crippen LogP contribution in [0.1, 0.15) is 32.6 Å². The van der Waals surface area contributed by atoms with Crippen molar-refractivity contribution < 1.29 is 0 Å². The van der Waals surface area contributed by atoms with Crippen molar-refractivity contribution in [3.8, 4) is 0 Å². The first-order valence-electron chi connectivity index (χ1n) is 5.45. The third-order valence-corrected chi connectivity index (χ3v) is 3.32. The fourth-order valence-electron chi connectivity index (χ4n) is 2.63. The van der Waals surface area contributed by atoms with Gasteiger partial charge in [-0.15, -0.1) is 0 Å². The van der Waals surface area contributed by atoms with E-state index in [2.05, 4.69) is 17.6 Å². The largest absolute Gasteiger partial charge is 0.313 e. The Morgan fingerprint density at radius 3 is 2.92 bits per heavy atom. The average molecular weight is 183 g/mol. The van der Waals surface area contributed by atoms with Gasteiger partial charge in [0.05, 0.1) is 5.66 Å². The van der Waals surface area contributed by atoms with E-state index in [-0.39, 0.29) is 5.66 Å². The zero-order valence-corrected chi connectivity index (χ0v) is 8.47. The molecule has 0 bridgehead atoms. The van der Waals surface area contributed by atoms with Gasteiger partial charge in [0.1, 0.15) is 0 Å². The van der Waals surface area contributed by atoms with E-state index < -0.39 is 0 Å². The topological polar surface area (TPSA) is 50.1 Å². The molecule has 3 nitrogen and oxygen atoms in total. The van der Waals surface area contributed by atoms with Gasteiger partial charge >= 0.3 is 0 Å². The third kappa shape index (κ3) is 2.22. The van der Waals surface area contributed by atoms with Crippen molar-refractivity contribution in [1.82, 2.24) is 10.6 Å². The quantitative estimate of drug-likeness (QED) is 0.510. The summed E-state index contributed by atoms with van der Waals surface area (Å²) in [5.41, 5.74) is 5.90. The van der Waals surface area contributed by atoms with E-state index in [0.29, 0.717) is 6.04 Å². The number of nitrogens with one attached hydrogen (secondary N) is 2. The molecule has 0 aromatic rings. The molecule has 2 fully saturated rings. The van der Waals surface area contributed by atoms with Gasteiger partial charge in [0.25, 0.3) is 0 Å². The Morgan fingerprint density at radius 1 is 1.31 bits per heavy atom. The maximum absolute atomic E-state index is 6.11. The maximum atomic E-state index is 6.11. The Hall–Kier alpha value is -0.120. The standard InChI is InChI=1S/C10H21N3/c1-10(11)7-12-6-8-4-2-3-5-9(8)13-10/h8-9,12-13H,2-7,11H2,1H3. The van der Waals surface area contributed by atoms with E-state index in [0.717, 1.165) is 19.0 Å². The van der Waals surface area contributed by atoms with Crippen molar-refractivity contribution in [2.45, 2.75) is 44.3 Å². The second-order valence-electron chi connectivity index (χ2n) is 4.84. The van der Waals surface area contributed by atoms with Crippen molar-refractivity contribution in [3.63, 3.8) is 0 Å². The number of rotatable bonds is 0. The Labute approximate surface area is 80.5 Å². The summed E-state index contributed by atoms with van der Waals surface area (Å²) in [6.07, 6.45) is 5.43. The van der Waals surface area contributed by atoms with Crippen LogP contribution >= 0.6 is 0 Å². The number of nitrogens with two attached hydrogens (primary N) is 1. The van der Waals surface area contributed by atoms with Crippen LogP contribution in [0.15, 0.2) is 0 Å². The Bertz CT molecular complexity index is 179. The lowest BCUT2D eigenvalue weighted by Gasteiger charge is -2.34. The fraction of sp³-hybridized carbons (Fsp3) is 1.00. The zero-order valence-electron chi connectivity index (χ0n) is 8.47. The first kappa shape index (κ1) is 9.44. The van der Waals surface area contributed by atoms with Gasteiger partial charge < -0.3 is 11.1 Å². The molecule has 0 aromatic carbocycles. The fourth-order valence-corrected chi connectivity index (χ4v) is 2.63. The molecule has 1 aliphatic carbocycles. The van der Waals surface area contributed by atoms with Gasteiger partial charge in [-0.2, -0.15) is 0 Å². The second-order valence-corrected chi connectivity index (χ2v) is 4.84.